The molecule has 2 fully saturated rings. The van der Waals surface area contributed by atoms with Gasteiger partial charge in [0.25, 0.3) is 11.5 Å². The second-order valence-corrected chi connectivity index (χ2v) is 10.8. The highest BCUT2D eigenvalue weighted by Crippen LogP contribution is 2.41. The van der Waals surface area contributed by atoms with Crippen molar-refractivity contribution in [1.82, 2.24) is 20.6 Å². The third-order valence-electron chi connectivity index (χ3n) is 7.28. The molecule has 1 aliphatic heterocycles. The summed E-state index contributed by atoms with van der Waals surface area (Å²) in [6.07, 6.45) is 5.17. The van der Waals surface area contributed by atoms with E-state index in [1.807, 2.05) is 12.1 Å². The highest BCUT2D eigenvalue weighted by Gasteiger charge is 2.25. The molecule has 1 unspecified atom stereocenters. The van der Waals surface area contributed by atoms with Crippen LogP contribution >= 0.6 is 0 Å². The number of hydrogen-bond donors (Lipinski definition) is 4. The molecule has 37 heavy (non-hydrogen) atoms. The zero-order valence-electron chi connectivity index (χ0n) is 21.6. The van der Waals surface area contributed by atoms with Gasteiger partial charge in [0.2, 0.25) is 0 Å². The molecule has 8 heteroatoms. The van der Waals surface area contributed by atoms with Crippen LogP contribution in [0.3, 0.4) is 0 Å². The van der Waals surface area contributed by atoms with Crippen LogP contribution in [0.25, 0.3) is 22.3 Å². The number of aromatic hydroxyl groups is 1. The van der Waals surface area contributed by atoms with Gasteiger partial charge in [0.15, 0.2) is 0 Å². The van der Waals surface area contributed by atoms with Crippen LogP contribution in [0.5, 0.6) is 11.5 Å². The van der Waals surface area contributed by atoms with Crippen molar-refractivity contribution in [3.63, 3.8) is 0 Å². The number of ether oxygens (including phenoxy) is 1. The number of benzene rings is 1. The molecule has 3 aromatic rings. The number of phenolic OH excluding ortho intramolecular Hbond substituents is 1. The lowest BCUT2D eigenvalue weighted by molar-refractivity contribution is 0.0950. The smallest absolute Gasteiger partial charge is 0.262 e. The van der Waals surface area contributed by atoms with Gasteiger partial charge in [-0.15, -0.1) is 0 Å². The van der Waals surface area contributed by atoms with Crippen molar-refractivity contribution in [3.8, 4) is 22.8 Å². The van der Waals surface area contributed by atoms with Crippen molar-refractivity contribution in [3.05, 3.63) is 51.8 Å². The van der Waals surface area contributed by atoms with Gasteiger partial charge >= 0.3 is 0 Å². The number of rotatable bonds is 9. The van der Waals surface area contributed by atoms with E-state index in [0.717, 1.165) is 56.1 Å². The molecule has 1 amide bonds. The Morgan fingerprint density at radius 1 is 1.24 bits per heavy atom. The maximum absolute atomic E-state index is 13.0. The van der Waals surface area contributed by atoms with E-state index < -0.39 is 5.56 Å². The maximum atomic E-state index is 13.0. The normalized spacial score (nSPS) is 17.8. The molecule has 0 radical (unpaired) electrons. The molecule has 3 heterocycles. The summed E-state index contributed by atoms with van der Waals surface area (Å²) >= 11 is 0. The minimum Gasteiger partial charge on any atom is -0.507 e. The summed E-state index contributed by atoms with van der Waals surface area (Å²) in [4.78, 5) is 33.5. The number of pyridine rings is 2. The zero-order valence-corrected chi connectivity index (χ0v) is 21.6. The fourth-order valence-corrected chi connectivity index (χ4v) is 4.92. The number of nitrogens with zero attached hydrogens (tertiary/aromatic N) is 1. The molecule has 2 aromatic heterocycles. The second kappa shape index (κ2) is 10.9. The Morgan fingerprint density at radius 3 is 2.81 bits per heavy atom. The molecule has 1 aliphatic carbocycles. The van der Waals surface area contributed by atoms with E-state index in [4.69, 9.17) is 9.72 Å². The third kappa shape index (κ3) is 5.80. The van der Waals surface area contributed by atoms with Crippen molar-refractivity contribution < 1.29 is 14.6 Å². The molecule has 0 bridgehead atoms. The van der Waals surface area contributed by atoms with E-state index in [1.165, 1.54) is 0 Å². The second-order valence-electron chi connectivity index (χ2n) is 10.8. The molecule has 1 saturated carbocycles. The van der Waals surface area contributed by atoms with E-state index in [9.17, 15) is 14.7 Å². The topological polar surface area (TPSA) is 116 Å². The Hall–Kier alpha value is -3.39. The van der Waals surface area contributed by atoms with Gasteiger partial charge in [-0.3, -0.25) is 9.59 Å². The highest BCUT2D eigenvalue weighted by atomic mass is 16.5. The van der Waals surface area contributed by atoms with E-state index in [0.29, 0.717) is 47.6 Å². The first kappa shape index (κ1) is 25.3. The number of piperidine rings is 1. The lowest BCUT2D eigenvalue weighted by Gasteiger charge is -2.25. The Kier molecular flexibility index (Phi) is 7.46. The fraction of sp³-hybridized carbons (Fsp3) is 0.483. The van der Waals surface area contributed by atoms with Crippen LogP contribution in [0, 0.1) is 11.8 Å². The SMILES string of the molecule is CC(C)CCNC(=O)c1cc2c(C3CCCNC3)cc(-c3c(O)cccc3OCC3CC3)nc2[nH]c1=O. The summed E-state index contributed by atoms with van der Waals surface area (Å²) in [5.41, 5.74) is 2.07. The van der Waals surface area contributed by atoms with Crippen LogP contribution in [-0.2, 0) is 0 Å². The van der Waals surface area contributed by atoms with Crippen LogP contribution in [0.4, 0.5) is 0 Å². The number of amides is 1. The Bertz CT molecular complexity index is 1340. The van der Waals surface area contributed by atoms with Crippen LogP contribution in [0.1, 0.15) is 67.8 Å². The molecule has 1 aromatic carbocycles. The minimum atomic E-state index is -0.477. The largest absolute Gasteiger partial charge is 0.507 e. The summed E-state index contributed by atoms with van der Waals surface area (Å²) in [5, 5.41) is 17.9. The van der Waals surface area contributed by atoms with Gasteiger partial charge in [0, 0.05) is 18.5 Å². The van der Waals surface area contributed by atoms with E-state index in [2.05, 4.69) is 29.5 Å². The van der Waals surface area contributed by atoms with Gasteiger partial charge in [-0.05, 0) is 86.2 Å². The first-order valence-corrected chi connectivity index (χ1v) is 13.4. The Morgan fingerprint density at radius 2 is 2.08 bits per heavy atom. The molecule has 1 saturated heterocycles. The van der Waals surface area contributed by atoms with Crippen LogP contribution in [0.15, 0.2) is 35.1 Å². The number of carbonyl (C=O) groups excluding carboxylic acids is 1. The molecule has 8 nitrogen and oxygen atoms in total. The number of phenols is 1. The average Bonchev–Trinajstić information content (AvgIpc) is 3.71. The third-order valence-corrected chi connectivity index (χ3v) is 7.28. The number of carbonyl (C=O) groups is 1. The quantitative estimate of drug-likeness (QED) is 0.345. The van der Waals surface area contributed by atoms with Crippen LogP contribution < -0.4 is 20.9 Å². The molecule has 196 valence electrons. The monoisotopic (exact) mass is 504 g/mol. The molecule has 5 rings (SSSR count). The fourth-order valence-electron chi connectivity index (χ4n) is 4.92. The van der Waals surface area contributed by atoms with Gasteiger partial charge in [0.1, 0.15) is 22.7 Å². The first-order chi connectivity index (χ1) is 17.9. The number of H-pyrrole nitrogens is 1. The van der Waals surface area contributed by atoms with Crippen molar-refractivity contribution >= 4 is 16.9 Å². The molecule has 0 spiro atoms. The lowest BCUT2D eigenvalue weighted by Crippen LogP contribution is -2.31. The molecule has 1 atom stereocenters. The summed E-state index contributed by atoms with van der Waals surface area (Å²) in [6.45, 7) is 7.06. The lowest BCUT2D eigenvalue weighted by atomic mass is 9.88. The summed E-state index contributed by atoms with van der Waals surface area (Å²) in [6, 6.07) is 8.89. The van der Waals surface area contributed by atoms with Crippen molar-refractivity contribution in [2.45, 2.75) is 51.9 Å². The Labute approximate surface area is 216 Å². The van der Waals surface area contributed by atoms with Gasteiger partial charge in [-0.1, -0.05) is 19.9 Å². The highest BCUT2D eigenvalue weighted by molar-refractivity contribution is 5.98. The average molecular weight is 505 g/mol. The number of nitrogens with one attached hydrogen (secondary N) is 3. The summed E-state index contributed by atoms with van der Waals surface area (Å²) < 4.78 is 6.09. The van der Waals surface area contributed by atoms with Crippen LogP contribution in [0.2, 0.25) is 0 Å². The van der Waals surface area contributed by atoms with Gasteiger partial charge in [-0.25, -0.2) is 4.98 Å². The number of aromatic amines is 1. The molecular formula is C29H36N4O4. The Balaban J connectivity index is 1.59. The van der Waals surface area contributed by atoms with E-state index in [-0.39, 0.29) is 23.1 Å². The first-order valence-electron chi connectivity index (χ1n) is 13.4. The number of hydrogen-bond acceptors (Lipinski definition) is 6. The number of aromatic nitrogens is 2. The van der Waals surface area contributed by atoms with Crippen molar-refractivity contribution in [2.24, 2.45) is 11.8 Å². The maximum Gasteiger partial charge on any atom is 0.262 e. The predicted molar refractivity (Wildman–Crippen MR) is 144 cm³/mol. The summed E-state index contributed by atoms with van der Waals surface area (Å²) in [7, 11) is 0. The standard InChI is InChI=1S/C29H36N4O4/c1-17(2)10-12-31-28(35)22-13-21-20(19-5-4-11-30-15-19)14-23(32-27(21)33-29(22)36)26-24(34)6-3-7-25(26)37-16-18-8-9-18/h3,6-7,13-14,17-19,30,34H,4-5,8-12,15-16H2,1-2H3,(H,31,35)(H,32,33,36). The van der Waals surface area contributed by atoms with Gasteiger partial charge in [0.05, 0.1) is 17.9 Å². The summed E-state index contributed by atoms with van der Waals surface area (Å²) in [5.74, 6) is 1.48. The van der Waals surface area contributed by atoms with Gasteiger partial charge in [-0.2, -0.15) is 0 Å². The van der Waals surface area contributed by atoms with Crippen molar-refractivity contribution in [2.75, 3.05) is 26.2 Å². The number of fused-ring (bicyclic) bond motifs is 1. The van der Waals surface area contributed by atoms with Crippen LogP contribution in [-0.4, -0.2) is 47.2 Å². The molecular weight excluding hydrogens is 468 g/mol. The minimum absolute atomic E-state index is 0.0800. The molecule has 4 N–H and O–H groups in total. The van der Waals surface area contributed by atoms with E-state index in [1.54, 1.807) is 18.2 Å². The van der Waals surface area contributed by atoms with Crippen molar-refractivity contribution in [1.29, 1.82) is 0 Å². The molecule has 2 aliphatic rings. The zero-order chi connectivity index (χ0) is 25.9. The van der Waals surface area contributed by atoms with Gasteiger partial charge < -0.3 is 25.5 Å². The predicted octanol–water partition coefficient (Wildman–Crippen LogP) is 4.33. The van der Waals surface area contributed by atoms with E-state index >= 15 is 0 Å².